The Hall–Kier alpha value is -0.330. The second kappa shape index (κ2) is 2.37. The summed E-state index contributed by atoms with van der Waals surface area (Å²) in [5.74, 6) is 3.38. The van der Waals surface area contributed by atoms with Gasteiger partial charge < -0.3 is 4.79 Å². The molecule has 1 heteroatoms. The van der Waals surface area contributed by atoms with Crippen molar-refractivity contribution in [3.63, 3.8) is 0 Å². The van der Waals surface area contributed by atoms with E-state index in [1.807, 2.05) is 0 Å². The SMILES string of the molecule is CC(=O)CC12CC3CCC1C(C3)C2. The monoisotopic (exact) mass is 178 g/mol. The van der Waals surface area contributed by atoms with Crippen molar-refractivity contribution in [2.45, 2.75) is 45.4 Å². The molecular formula is C12H18O. The number of carbonyl (C=O) groups is 1. The highest BCUT2D eigenvalue weighted by Crippen LogP contribution is 2.68. The second-order valence-corrected chi connectivity index (χ2v) is 5.70. The molecule has 4 aliphatic rings. The number of carbonyl (C=O) groups excluding carboxylic acids is 1. The van der Waals surface area contributed by atoms with Crippen molar-refractivity contribution in [3.8, 4) is 0 Å². The van der Waals surface area contributed by atoms with Crippen LogP contribution in [0.15, 0.2) is 0 Å². The summed E-state index contributed by atoms with van der Waals surface area (Å²) in [6, 6.07) is 0. The van der Waals surface area contributed by atoms with Gasteiger partial charge in [-0.05, 0) is 55.8 Å². The fourth-order valence-corrected chi connectivity index (χ4v) is 4.67. The highest BCUT2D eigenvalue weighted by atomic mass is 16.1. The lowest BCUT2D eigenvalue weighted by molar-refractivity contribution is -0.166. The van der Waals surface area contributed by atoms with Crippen LogP contribution in [0.1, 0.15) is 45.4 Å². The predicted octanol–water partition coefficient (Wildman–Crippen LogP) is 2.79. The molecule has 4 rings (SSSR count). The Bertz CT molecular complexity index is 258. The highest BCUT2D eigenvalue weighted by Gasteiger charge is 2.60. The summed E-state index contributed by atoms with van der Waals surface area (Å²) in [5, 5.41) is 0. The molecule has 72 valence electrons. The molecular weight excluding hydrogens is 160 g/mol. The Morgan fingerprint density at radius 1 is 1.38 bits per heavy atom. The van der Waals surface area contributed by atoms with Crippen LogP contribution >= 0.6 is 0 Å². The second-order valence-electron chi connectivity index (χ2n) is 5.70. The average Bonchev–Trinajstić information content (AvgIpc) is 2.01. The summed E-state index contributed by atoms with van der Waals surface area (Å²) < 4.78 is 0. The van der Waals surface area contributed by atoms with Crippen LogP contribution in [0.4, 0.5) is 0 Å². The van der Waals surface area contributed by atoms with E-state index in [9.17, 15) is 4.79 Å². The minimum absolute atomic E-state index is 0.422. The van der Waals surface area contributed by atoms with Gasteiger partial charge in [0.2, 0.25) is 0 Å². The van der Waals surface area contributed by atoms with Crippen LogP contribution < -0.4 is 0 Å². The van der Waals surface area contributed by atoms with Gasteiger partial charge in [0.1, 0.15) is 5.78 Å². The highest BCUT2D eigenvalue weighted by molar-refractivity contribution is 5.76. The Balaban J connectivity index is 1.82. The summed E-state index contributed by atoms with van der Waals surface area (Å²) >= 11 is 0. The maximum absolute atomic E-state index is 11.2. The summed E-state index contributed by atoms with van der Waals surface area (Å²) in [4.78, 5) is 11.2. The molecule has 13 heavy (non-hydrogen) atoms. The summed E-state index contributed by atoms with van der Waals surface area (Å²) in [5.41, 5.74) is 0.512. The molecule has 1 nitrogen and oxygen atoms in total. The number of hydrogen-bond acceptors (Lipinski definition) is 1. The van der Waals surface area contributed by atoms with Gasteiger partial charge in [-0.3, -0.25) is 0 Å². The normalized spacial score (nSPS) is 51.6. The Kier molecular flexibility index (Phi) is 1.46. The predicted molar refractivity (Wildman–Crippen MR) is 51.3 cm³/mol. The summed E-state index contributed by atoms with van der Waals surface area (Å²) in [7, 11) is 0. The zero-order valence-electron chi connectivity index (χ0n) is 8.38. The number of Topliss-reactive ketones (excluding diaryl/α,β-unsaturated/α-hetero) is 1. The standard InChI is InChI=1S/C12H18O/c1-8(13)5-12-6-9-2-3-11(12)10(4-9)7-12/h9-11H,2-7H2,1H3. The quantitative estimate of drug-likeness (QED) is 0.635. The fraction of sp³-hybridized carbons (Fsp3) is 0.917. The molecule has 4 aliphatic carbocycles. The summed E-state index contributed by atoms with van der Waals surface area (Å²) in [6.07, 6.45) is 8.04. The molecule has 0 saturated heterocycles. The van der Waals surface area contributed by atoms with Crippen LogP contribution in [0.3, 0.4) is 0 Å². The van der Waals surface area contributed by atoms with E-state index in [1.165, 1.54) is 32.1 Å². The molecule has 4 atom stereocenters. The third-order valence-electron chi connectivity index (χ3n) is 4.84. The first kappa shape index (κ1) is 8.02. The van der Waals surface area contributed by atoms with Crippen LogP contribution in [0.25, 0.3) is 0 Å². The zero-order valence-corrected chi connectivity index (χ0v) is 8.38. The van der Waals surface area contributed by atoms with Crippen LogP contribution in [0.2, 0.25) is 0 Å². The first-order valence-electron chi connectivity index (χ1n) is 5.69. The van der Waals surface area contributed by atoms with E-state index in [2.05, 4.69) is 0 Å². The number of hydrogen-bond donors (Lipinski definition) is 0. The maximum Gasteiger partial charge on any atom is 0.130 e. The molecule has 0 heterocycles. The van der Waals surface area contributed by atoms with Crippen molar-refractivity contribution in [2.75, 3.05) is 0 Å². The van der Waals surface area contributed by atoms with Gasteiger partial charge in [0.15, 0.2) is 0 Å². The van der Waals surface area contributed by atoms with Crippen molar-refractivity contribution in [3.05, 3.63) is 0 Å². The minimum Gasteiger partial charge on any atom is -0.300 e. The Labute approximate surface area is 79.9 Å². The lowest BCUT2D eigenvalue weighted by Gasteiger charge is -2.65. The molecule has 0 aromatic carbocycles. The molecule has 4 unspecified atom stereocenters. The van der Waals surface area contributed by atoms with Gasteiger partial charge in [-0.2, -0.15) is 0 Å². The summed E-state index contributed by atoms with van der Waals surface area (Å²) in [6.45, 7) is 1.77. The first-order valence-corrected chi connectivity index (χ1v) is 5.69. The number of fused-ring (bicyclic) bond motifs is 1. The van der Waals surface area contributed by atoms with Crippen molar-refractivity contribution in [2.24, 2.45) is 23.2 Å². The first-order chi connectivity index (χ1) is 6.20. The van der Waals surface area contributed by atoms with E-state index in [4.69, 9.17) is 0 Å². The third-order valence-corrected chi connectivity index (χ3v) is 4.84. The van der Waals surface area contributed by atoms with Crippen LogP contribution in [-0.2, 0) is 4.79 Å². The molecule has 0 radical (unpaired) electrons. The van der Waals surface area contributed by atoms with E-state index in [0.717, 1.165) is 24.2 Å². The van der Waals surface area contributed by atoms with Crippen molar-refractivity contribution in [1.82, 2.24) is 0 Å². The van der Waals surface area contributed by atoms with Crippen LogP contribution in [0, 0.1) is 23.2 Å². The molecule has 0 N–H and O–H groups in total. The van der Waals surface area contributed by atoms with Crippen LogP contribution in [-0.4, -0.2) is 5.78 Å². The smallest absolute Gasteiger partial charge is 0.130 e. The van der Waals surface area contributed by atoms with E-state index in [-0.39, 0.29) is 0 Å². The van der Waals surface area contributed by atoms with Gasteiger partial charge in [0.25, 0.3) is 0 Å². The molecule has 4 saturated carbocycles. The third kappa shape index (κ3) is 0.963. The van der Waals surface area contributed by atoms with Gasteiger partial charge in [0.05, 0.1) is 0 Å². The Morgan fingerprint density at radius 3 is 2.77 bits per heavy atom. The van der Waals surface area contributed by atoms with E-state index in [0.29, 0.717) is 11.2 Å². The van der Waals surface area contributed by atoms with Crippen molar-refractivity contribution < 1.29 is 4.79 Å². The Morgan fingerprint density at radius 2 is 2.23 bits per heavy atom. The maximum atomic E-state index is 11.2. The molecule has 0 spiro atoms. The van der Waals surface area contributed by atoms with Crippen molar-refractivity contribution >= 4 is 5.78 Å². The van der Waals surface area contributed by atoms with Gasteiger partial charge in [-0.25, -0.2) is 0 Å². The average molecular weight is 178 g/mol. The minimum atomic E-state index is 0.422. The van der Waals surface area contributed by atoms with Gasteiger partial charge >= 0.3 is 0 Å². The zero-order chi connectivity index (χ0) is 9.05. The van der Waals surface area contributed by atoms with E-state index in [1.54, 1.807) is 6.92 Å². The molecule has 4 fully saturated rings. The van der Waals surface area contributed by atoms with E-state index < -0.39 is 0 Å². The van der Waals surface area contributed by atoms with Gasteiger partial charge in [-0.1, -0.05) is 6.42 Å². The number of rotatable bonds is 2. The van der Waals surface area contributed by atoms with Gasteiger partial charge in [0, 0.05) is 6.42 Å². The molecule has 0 aromatic heterocycles. The van der Waals surface area contributed by atoms with Gasteiger partial charge in [-0.15, -0.1) is 0 Å². The van der Waals surface area contributed by atoms with Crippen molar-refractivity contribution in [1.29, 1.82) is 0 Å². The topological polar surface area (TPSA) is 17.1 Å². The molecule has 0 amide bonds. The fourth-order valence-electron chi connectivity index (χ4n) is 4.67. The molecule has 0 aromatic rings. The molecule has 4 bridgehead atoms. The molecule has 0 aliphatic heterocycles. The van der Waals surface area contributed by atoms with E-state index >= 15 is 0 Å². The largest absolute Gasteiger partial charge is 0.300 e. The lowest BCUT2D eigenvalue weighted by atomic mass is 9.39. The number of ketones is 1. The van der Waals surface area contributed by atoms with Crippen LogP contribution in [0.5, 0.6) is 0 Å². The lowest BCUT2D eigenvalue weighted by Crippen LogP contribution is -2.57.